The fourth-order valence-corrected chi connectivity index (χ4v) is 2.77. The Balaban J connectivity index is 1.86. The van der Waals surface area contributed by atoms with E-state index in [4.69, 9.17) is 21.1 Å². The topological polar surface area (TPSA) is 56.5 Å². The van der Waals surface area contributed by atoms with Gasteiger partial charge in [0, 0.05) is 19.2 Å². The monoisotopic (exact) mass is 308 g/mol. The molecule has 0 aliphatic carbocycles. The van der Waals surface area contributed by atoms with E-state index in [1.165, 1.54) is 0 Å². The van der Waals surface area contributed by atoms with Gasteiger partial charge in [0.1, 0.15) is 13.2 Å². The van der Waals surface area contributed by atoms with Crippen molar-refractivity contribution in [2.45, 2.75) is 19.4 Å². The predicted octanol–water partition coefficient (Wildman–Crippen LogP) is 2.43. The first-order valence-electron chi connectivity index (χ1n) is 6.81. The van der Waals surface area contributed by atoms with Crippen LogP contribution in [0.5, 0.6) is 11.5 Å². The lowest BCUT2D eigenvalue weighted by Gasteiger charge is -2.21. The maximum Gasteiger partial charge on any atom is 0.179 e. The molecule has 1 aromatic heterocycles. The third kappa shape index (κ3) is 2.84. The van der Waals surface area contributed by atoms with Gasteiger partial charge in [-0.2, -0.15) is 5.10 Å². The molecule has 0 radical (unpaired) electrons. The van der Waals surface area contributed by atoms with E-state index in [-0.39, 0.29) is 0 Å². The number of aliphatic hydroxyl groups is 1. The van der Waals surface area contributed by atoms with Crippen molar-refractivity contribution in [2.75, 3.05) is 13.2 Å². The number of hydrogen-bond donors (Lipinski definition) is 1. The van der Waals surface area contributed by atoms with Crippen molar-refractivity contribution in [1.29, 1.82) is 0 Å². The van der Waals surface area contributed by atoms with Crippen LogP contribution in [0, 0.1) is 6.92 Å². The van der Waals surface area contributed by atoms with Gasteiger partial charge in [0.25, 0.3) is 0 Å². The number of halogens is 1. The minimum absolute atomic E-state index is 0.461. The van der Waals surface area contributed by atoms with Gasteiger partial charge in [0.05, 0.1) is 16.8 Å². The average Bonchev–Trinajstić information content (AvgIpc) is 2.77. The largest absolute Gasteiger partial charge is 0.486 e. The molecule has 0 saturated heterocycles. The molecule has 112 valence electrons. The van der Waals surface area contributed by atoms with Crippen LogP contribution < -0.4 is 9.47 Å². The fraction of sp³-hybridized carbons (Fsp3) is 0.400. The summed E-state index contributed by atoms with van der Waals surface area (Å²) >= 11 is 6.20. The highest BCUT2D eigenvalue weighted by molar-refractivity contribution is 6.32. The van der Waals surface area contributed by atoms with Crippen LogP contribution in [0.3, 0.4) is 0 Å². The van der Waals surface area contributed by atoms with Crippen LogP contribution in [0.2, 0.25) is 5.02 Å². The number of benzene rings is 1. The summed E-state index contributed by atoms with van der Waals surface area (Å²) in [5.74, 6) is 1.14. The molecule has 0 saturated carbocycles. The van der Waals surface area contributed by atoms with Gasteiger partial charge in [-0.15, -0.1) is 0 Å². The second kappa shape index (κ2) is 5.58. The molecule has 1 aliphatic rings. The third-order valence-electron chi connectivity index (χ3n) is 3.51. The van der Waals surface area contributed by atoms with Gasteiger partial charge >= 0.3 is 0 Å². The van der Waals surface area contributed by atoms with Crippen molar-refractivity contribution in [2.24, 2.45) is 7.05 Å². The summed E-state index contributed by atoms with van der Waals surface area (Å²) in [5, 5.41) is 15.2. The maximum atomic E-state index is 10.4. The van der Waals surface area contributed by atoms with E-state index in [0.29, 0.717) is 41.7 Å². The number of aryl methyl sites for hydroxylation is 2. The summed E-state index contributed by atoms with van der Waals surface area (Å²) in [6.45, 7) is 2.91. The van der Waals surface area contributed by atoms with E-state index in [9.17, 15) is 5.11 Å². The van der Waals surface area contributed by atoms with Crippen LogP contribution >= 0.6 is 11.6 Å². The van der Waals surface area contributed by atoms with Crippen LogP contribution in [0.4, 0.5) is 0 Å². The van der Waals surface area contributed by atoms with Gasteiger partial charge in [0.2, 0.25) is 0 Å². The predicted molar refractivity (Wildman–Crippen MR) is 79.1 cm³/mol. The molecule has 3 rings (SSSR count). The van der Waals surface area contributed by atoms with Crippen molar-refractivity contribution in [3.05, 3.63) is 40.2 Å². The Morgan fingerprint density at radius 3 is 2.81 bits per heavy atom. The SMILES string of the molecule is Cc1cc(CC(O)c2cc(Cl)c3c(c2)OCCO3)n(C)n1. The lowest BCUT2D eigenvalue weighted by molar-refractivity contribution is 0.163. The highest BCUT2D eigenvalue weighted by Crippen LogP contribution is 2.40. The van der Waals surface area contributed by atoms with Crippen LogP contribution in [-0.4, -0.2) is 28.1 Å². The lowest BCUT2D eigenvalue weighted by Crippen LogP contribution is -2.16. The maximum absolute atomic E-state index is 10.4. The fourth-order valence-electron chi connectivity index (χ4n) is 2.49. The Kier molecular flexibility index (Phi) is 3.78. The number of hydrogen-bond acceptors (Lipinski definition) is 4. The van der Waals surface area contributed by atoms with Gasteiger partial charge in [-0.1, -0.05) is 11.6 Å². The molecule has 0 fully saturated rings. The van der Waals surface area contributed by atoms with Gasteiger partial charge in [-0.3, -0.25) is 4.68 Å². The van der Waals surface area contributed by atoms with Crippen molar-refractivity contribution in [3.8, 4) is 11.5 Å². The molecule has 0 spiro atoms. The number of fused-ring (bicyclic) bond motifs is 1. The Bertz CT molecular complexity index is 669. The summed E-state index contributed by atoms with van der Waals surface area (Å²) < 4.78 is 12.8. The van der Waals surface area contributed by atoms with Gasteiger partial charge in [-0.25, -0.2) is 0 Å². The molecule has 1 atom stereocenters. The molecule has 2 heterocycles. The van der Waals surface area contributed by atoms with E-state index in [1.54, 1.807) is 16.8 Å². The minimum atomic E-state index is -0.673. The summed E-state index contributed by atoms with van der Waals surface area (Å²) in [5.41, 5.74) is 2.61. The number of nitrogens with zero attached hydrogens (tertiary/aromatic N) is 2. The first-order chi connectivity index (χ1) is 10.0. The van der Waals surface area contributed by atoms with E-state index in [1.807, 2.05) is 20.0 Å². The second-order valence-electron chi connectivity index (χ2n) is 5.15. The molecule has 1 unspecified atom stereocenters. The number of aliphatic hydroxyl groups excluding tert-OH is 1. The van der Waals surface area contributed by atoms with E-state index >= 15 is 0 Å². The zero-order chi connectivity index (χ0) is 15.0. The zero-order valence-corrected chi connectivity index (χ0v) is 12.7. The third-order valence-corrected chi connectivity index (χ3v) is 3.79. The average molecular weight is 309 g/mol. The standard InChI is InChI=1S/C15H17ClN2O3/c1-9-5-11(18(2)17-9)8-13(19)10-6-12(16)15-14(7-10)20-3-4-21-15/h5-7,13,19H,3-4,8H2,1-2H3. The molecular formula is C15H17ClN2O3. The first kappa shape index (κ1) is 14.2. The van der Waals surface area contributed by atoms with E-state index in [0.717, 1.165) is 11.4 Å². The Hall–Kier alpha value is -1.72. The summed E-state index contributed by atoms with van der Waals surface area (Å²) in [6, 6.07) is 5.47. The summed E-state index contributed by atoms with van der Waals surface area (Å²) in [4.78, 5) is 0. The quantitative estimate of drug-likeness (QED) is 0.946. The van der Waals surface area contributed by atoms with Crippen LogP contribution in [0.25, 0.3) is 0 Å². The lowest BCUT2D eigenvalue weighted by atomic mass is 10.0. The molecule has 0 bridgehead atoms. The Morgan fingerprint density at radius 2 is 2.10 bits per heavy atom. The van der Waals surface area contributed by atoms with Crippen molar-refractivity contribution >= 4 is 11.6 Å². The number of ether oxygens (including phenoxy) is 2. The molecule has 1 N–H and O–H groups in total. The van der Waals surface area contributed by atoms with Crippen molar-refractivity contribution in [3.63, 3.8) is 0 Å². The zero-order valence-electron chi connectivity index (χ0n) is 12.0. The highest BCUT2D eigenvalue weighted by atomic mass is 35.5. The summed E-state index contributed by atoms with van der Waals surface area (Å²) in [6.07, 6.45) is -0.207. The first-order valence-corrected chi connectivity index (χ1v) is 7.19. The molecule has 1 aliphatic heterocycles. The van der Waals surface area contributed by atoms with Gasteiger partial charge in [0.15, 0.2) is 11.5 Å². The molecule has 0 amide bonds. The highest BCUT2D eigenvalue weighted by Gasteiger charge is 2.20. The molecule has 6 heteroatoms. The minimum Gasteiger partial charge on any atom is -0.486 e. The molecule has 21 heavy (non-hydrogen) atoms. The smallest absolute Gasteiger partial charge is 0.179 e. The van der Waals surface area contributed by atoms with Crippen molar-refractivity contribution in [1.82, 2.24) is 9.78 Å². The number of rotatable bonds is 3. The van der Waals surface area contributed by atoms with Gasteiger partial charge < -0.3 is 14.6 Å². The van der Waals surface area contributed by atoms with Crippen LogP contribution in [-0.2, 0) is 13.5 Å². The summed E-state index contributed by atoms with van der Waals surface area (Å²) in [7, 11) is 1.87. The molecule has 5 nitrogen and oxygen atoms in total. The number of aromatic nitrogens is 2. The molecule has 2 aromatic rings. The molecule has 1 aromatic carbocycles. The van der Waals surface area contributed by atoms with Crippen LogP contribution in [0.1, 0.15) is 23.1 Å². The van der Waals surface area contributed by atoms with Crippen molar-refractivity contribution < 1.29 is 14.6 Å². The Morgan fingerprint density at radius 1 is 1.33 bits per heavy atom. The molecular weight excluding hydrogens is 292 g/mol. The Labute approximate surface area is 128 Å². The van der Waals surface area contributed by atoms with E-state index in [2.05, 4.69) is 5.10 Å². The normalized spacial score (nSPS) is 15.0. The van der Waals surface area contributed by atoms with E-state index < -0.39 is 6.10 Å². The second-order valence-corrected chi connectivity index (χ2v) is 5.55. The van der Waals surface area contributed by atoms with Gasteiger partial charge in [-0.05, 0) is 30.7 Å². The van der Waals surface area contributed by atoms with Crippen LogP contribution in [0.15, 0.2) is 18.2 Å².